The lowest BCUT2D eigenvalue weighted by Gasteiger charge is -2.15. The molecule has 0 saturated heterocycles. The number of rotatable bonds is 5. The molecule has 0 atom stereocenters. The number of nitrogens with zero attached hydrogens (tertiary/aromatic N) is 2. The maximum Gasteiger partial charge on any atom is 0.113 e. The van der Waals surface area contributed by atoms with Crippen molar-refractivity contribution in [1.82, 2.24) is 9.97 Å². The summed E-state index contributed by atoms with van der Waals surface area (Å²) >= 11 is 0. The van der Waals surface area contributed by atoms with E-state index in [0.717, 1.165) is 56.2 Å². The number of anilines is 3. The average Bonchev–Trinajstić information content (AvgIpc) is 2.87. The Hall–Kier alpha value is -4.18. The molecule has 168 valence electrons. The van der Waals surface area contributed by atoms with Crippen LogP contribution in [0.3, 0.4) is 0 Å². The second-order valence-corrected chi connectivity index (χ2v) is 8.73. The van der Waals surface area contributed by atoms with Crippen molar-refractivity contribution in [3.8, 4) is 22.5 Å². The third kappa shape index (κ3) is 4.23. The van der Waals surface area contributed by atoms with E-state index < -0.39 is 0 Å². The van der Waals surface area contributed by atoms with Crippen LogP contribution in [0.1, 0.15) is 16.7 Å². The van der Waals surface area contributed by atoms with E-state index in [1.807, 2.05) is 7.05 Å². The van der Waals surface area contributed by atoms with Crippen molar-refractivity contribution in [2.24, 2.45) is 0 Å². The van der Waals surface area contributed by atoms with Gasteiger partial charge in [0.2, 0.25) is 0 Å². The van der Waals surface area contributed by atoms with Gasteiger partial charge >= 0.3 is 0 Å². The minimum atomic E-state index is 0.865. The molecule has 2 N–H and O–H groups in total. The van der Waals surface area contributed by atoms with E-state index in [0.29, 0.717) is 0 Å². The highest BCUT2D eigenvalue weighted by atomic mass is 14.9. The summed E-state index contributed by atoms with van der Waals surface area (Å²) in [6.07, 6.45) is 0. The number of nitrogens with one attached hydrogen (secondary N) is 2. The quantitative estimate of drug-likeness (QED) is 0.292. The molecule has 0 radical (unpaired) electrons. The molecule has 4 heteroatoms. The molecule has 0 spiro atoms. The largest absolute Gasteiger partial charge is 0.388 e. The molecule has 0 amide bonds. The molecule has 0 aliphatic rings. The van der Waals surface area contributed by atoms with Crippen LogP contribution in [0.25, 0.3) is 33.5 Å². The fourth-order valence-electron chi connectivity index (χ4n) is 4.07. The normalized spacial score (nSPS) is 10.9. The second-order valence-electron chi connectivity index (χ2n) is 8.73. The number of fused-ring (bicyclic) bond motifs is 1. The lowest BCUT2D eigenvalue weighted by atomic mass is 10.0. The molecule has 0 bridgehead atoms. The van der Waals surface area contributed by atoms with Gasteiger partial charge in [-0.15, -0.1) is 0 Å². The molecular weight excluding hydrogens is 416 g/mol. The van der Waals surface area contributed by atoms with Gasteiger partial charge in [-0.05, 0) is 56.7 Å². The van der Waals surface area contributed by atoms with E-state index in [-0.39, 0.29) is 0 Å². The molecule has 0 aliphatic heterocycles. The number of hydrogen-bond donors (Lipinski definition) is 2. The van der Waals surface area contributed by atoms with Gasteiger partial charge in [0.15, 0.2) is 0 Å². The lowest BCUT2D eigenvalue weighted by Crippen LogP contribution is -2.00. The Labute approximate surface area is 200 Å². The van der Waals surface area contributed by atoms with Gasteiger partial charge in [-0.2, -0.15) is 0 Å². The van der Waals surface area contributed by atoms with E-state index in [9.17, 15) is 0 Å². The monoisotopic (exact) mass is 444 g/mol. The summed E-state index contributed by atoms with van der Waals surface area (Å²) in [4.78, 5) is 10.4. The molecule has 0 fully saturated rings. The van der Waals surface area contributed by atoms with Crippen molar-refractivity contribution >= 4 is 28.1 Å². The Bertz CT molecular complexity index is 1450. The second kappa shape index (κ2) is 8.99. The SMILES string of the molecule is CNc1ccc(Nc2ccc(C)c3nc(-c4ccc(C)cc4)c(-c4ccc(C)cc4)nc23)cc1. The number of aromatic nitrogens is 2. The number of aryl methyl sites for hydroxylation is 3. The highest BCUT2D eigenvalue weighted by Crippen LogP contribution is 2.35. The highest BCUT2D eigenvalue weighted by Gasteiger charge is 2.16. The summed E-state index contributed by atoms with van der Waals surface area (Å²) in [6.45, 7) is 6.29. The fourth-order valence-corrected chi connectivity index (χ4v) is 4.07. The highest BCUT2D eigenvalue weighted by molar-refractivity contribution is 5.96. The van der Waals surface area contributed by atoms with Crippen molar-refractivity contribution in [3.05, 3.63) is 102 Å². The summed E-state index contributed by atoms with van der Waals surface area (Å²) in [7, 11) is 1.92. The van der Waals surface area contributed by atoms with Gasteiger partial charge in [0.05, 0.1) is 22.6 Å². The smallest absolute Gasteiger partial charge is 0.113 e. The Balaban J connectivity index is 1.71. The number of hydrogen-bond acceptors (Lipinski definition) is 4. The Morgan fingerprint density at radius 2 is 1.03 bits per heavy atom. The van der Waals surface area contributed by atoms with Crippen LogP contribution in [0.5, 0.6) is 0 Å². The van der Waals surface area contributed by atoms with Crippen molar-refractivity contribution < 1.29 is 0 Å². The Kier molecular flexibility index (Phi) is 5.72. The summed E-state index contributed by atoms with van der Waals surface area (Å²) in [5, 5.41) is 6.71. The maximum atomic E-state index is 5.23. The van der Waals surface area contributed by atoms with E-state index in [4.69, 9.17) is 9.97 Å². The molecule has 0 aliphatic carbocycles. The van der Waals surface area contributed by atoms with Crippen LogP contribution in [-0.4, -0.2) is 17.0 Å². The van der Waals surface area contributed by atoms with Crippen LogP contribution in [-0.2, 0) is 0 Å². The zero-order valence-electron chi connectivity index (χ0n) is 20.0. The first-order chi connectivity index (χ1) is 16.5. The predicted octanol–water partition coefficient (Wildman–Crippen LogP) is 7.67. The van der Waals surface area contributed by atoms with Crippen LogP contribution >= 0.6 is 0 Å². The summed E-state index contributed by atoms with van der Waals surface area (Å²) < 4.78 is 0. The van der Waals surface area contributed by atoms with Gasteiger partial charge < -0.3 is 10.6 Å². The molecule has 1 heterocycles. The first-order valence-corrected chi connectivity index (χ1v) is 11.5. The molecule has 4 nitrogen and oxygen atoms in total. The van der Waals surface area contributed by atoms with Gasteiger partial charge in [-0.3, -0.25) is 0 Å². The number of benzene rings is 4. The molecular formula is C30H28N4. The third-order valence-electron chi connectivity index (χ3n) is 6.13. The van der Waals surface area contributed by atoms with Gasteiger partial charge in [0.1, 0.15) is 5.52 Å². The summed E-state index contributed by atoms with van der Waals surface area (Å²) in [5.41, 5.74) is 12.2. The molecule has 4 aromatic carbocycles. The summed E-state index contributed by atoms with van der Waals surface area (Å²) in [5.74, 6) is 0. The predicted molar refractivity (Wildman–Crippen MR) is 144 cm³/mol. The van der Waals surface area contributed by atoms with Gasteiger partial charge in [0, 0.05) is 29.5 Å². The van der Waals surface area contributed by atoms with Crippen molar-refractivity contribution in [2.45, 2.75) is 20.8 Å². The standard InChI is InChI=1S/C30H28N4/c1-19-5-10-22(11-6-19)28-29(23-12-7-20(2)8-13-23)34-30-26(18-9-21(3)27(30)33-28)32-25-16-14-24(31-4)15-17-25/h5-18,31-32H,1-4H3. The van der Waals surface area contributed by atoms with Crippen molar-refractivity contribution in [3.63, 3.8) is 0 Å². The van der Waals surface area contributed by atoms with E-state index in [2.05, 4.69) is 116 Å². The molecule has 34 heavy (non-hydrogen) atoms. The van der Waals surface area contributed by atoms with Crippen LogP contribution in [0.15, 0.2) is 84.9 Å². The first-order valence-electron chi connectivity index (χ1n) is 11.5. The van der Waals surface area contributed by atoms with Crippen molar-refractivity contribution in [2.75, 3.05) is 17.7 Å². The topological polar surface area (TPSA) is 49.8 Å². The molecule has 0 unspecified atom stereocenters. The minimum absolute atomic E-state index is 0.865. The minimum Gasteiger partial charge on any atom is -0.388 e. The van der Waals surface area contributed by atoms with E-state index >= 15 is 0 Å². The van der Waals surface area contributed by atoms with Crippen LogP contribution in [0.2, 0.25) is 0 Å². The fraction of sp³-hybridized carbons (Fsp3) is 0.133. The molecule has 1 aromatic heterocycles. The van der Waals surface area contributed by atoms with E-state index in [1.165, 1.54) is 11.1 Å². The first kappa shape index (κ1) is 21.7. The Morgan fingerprint density at radius 3 is 1.56 bits per heavy atom. The van der Waals surface area contributed by atoms with Crippen LogP contribution in [0.4, 0.5) is 17.1 Å². The zero-order chi connectivity index (χ0) is 23.7. The van der Waals surface area contributed by atoms with Crippen molar-refractivity contribution in [1.29, 1.82) is 0 Å². The molecule has 0 saturated carbocycles. The molecule has 5 rings (SSSR count). The summed E-state index contributed by atoms with van der Waals surface area (Å²) in [6, 6.07) is 29.4. The van der Waals surface area contributed by atoms with Gasteiger partial charge in [0.25, 0.3) is 0 Å². The van der Waals surface area contributed by atoms with Crippen LogP contribution in [0, 0.1) is 20.8 Å². The molecule has 5 aromatic rings. The van der Waals surface area contributed by atoms with Gasteiger partial charge in [-0.1, -0.05) is 65.7 Å². The lowest BCUT2D eigenvalue weighted by molar-refractivity contribution is 1.27. The Morgan fingerprint density at radius 1 is 0.529 bits per heavy atom. The average molecular weight is 445 g/mol. The zero-order valence-corrected chi connectivity index (χ0v) is 20.0. The van der Waals surface area contributed by atoms with E-state index in [1.54, 1.807) is 0 Å². The third-order valence-corrected chi connectivity index (χ3v) is 6.13. The maximum absolute atomic E-state index is 5.23. The van der Waals surface area contributed by atoms with Crippen LogP contribution < -0.4 is 10.6 Å². The van der Waals surface area contributed by atoms with Gasteiger partial charge in [-0.25, -0.2) is 9.97 Å².